The van der Waals surface area contributed by atoms with Gasteiger partial charge in [0.05, 0.1) is 18.4 Å². The van der Waals surface area contributed by atoms with Crippen LogP contribution in [0.4, 0.5) is 0 Å². The molecule has 1 aromatic carbocycles. The molecule has 5 nitrogen and oxygen atoms in total. The normalized spacial score (nSPS) is 23.2. The molecule has 0 radical (unpaired) electrons. The Balaban J connectivity index is 1.65. The van der Waals surface area contributed by atoms with E-state index in [1.54, 1.807) is 17.9 Å². The van der Waals surface area contributed by atoms with Gasteiger partial charge < -0.3 is 14.4 Å². The van der Waals surface area contributed by atoms with Crippen molar-refractivity contribution < 1.29 is 19.1 Å². The Morgan fingerprint density at radius 1 is 1.38 bits per heavy atom. The number of nitrogens with zero attached hydrogens (tertiary/aromatic N) is 1. The smallest absolute Gasteiger partial charge is 0.310 e. The number of esters is 1. The van der Waals surface area contributed by atoms with Crippen LogP contribution in [0, 0.1) is 11.8 Å². The minimum atomic E-state index is -0.225. The first-order valence-electron chi connectivity index (χ1n) is 8.45. The van der Waals surface area contributed by atoms with Crippen molar-refractivity contribution in [3.05, 3.63) is 28.8 Å². The molecule has 1 amide bonds. The molecule has 2 aliphatic heterocycles. The molecule has 0 aliphatic carbocycles. The number of carbonyl (C=O) groups is 2. The summed E-state index contributed by atoms with van der Waals surface area (Å²) in [6.45, 7) is 3.67. The van der Waals surface area contributed by atoms with Gasteiger partial charge in [0.2, 0.25) is 5.91 Å². The van der Waals surface area contributed by atoms with Gasteiger partial charge in [-0.3, -0.25) is 9.59 Å². The molecule has 0 N–H and O–H groups in total. The lowest BCUT2D eigenvalue weighted by molar-refractivity contribution is -0.152. The van der Waals surface area contributed by atoms with Crippen molar-refractivity contribution in [3.63, 3.8) is 0 Å². The van der Waals surface area contributed by atoms with Gasteiger partial charge in [0.1, 0.15) is 12.4 Å². The Morgan fingerprint density at radius 2 is 2.21 bits per heavy atom. The van der Waals surface area contributed by atoms with Crippen LogP contribution in [0.25, 0.3) is 0 Å². The lowest BCUT2D eigenvalue weighted by Crippen LogP contribution is -2.47. The molecular weight excluding hydrogens is 330 g/mol. The topological polar surface area (TPSA) is 55.8 Å². The van der Waals surface area contributed by atoms with Gasteiger partial charge in [-0.25, -0.2) is 0 Å². The van der Waals surface area contributed by atoms with Crippen molar-refractivity contribution in [1.82, 2.24) is 4.90 Å². The lowest BCUT2D eigenvalue weighted by Gasteiger charge is -2.35. The van der Waals surface area contributed by atoms with Gasteiger partial charge in [-0.1, -0.05) is 11.6 Å². The largest absolute Gasteiger partial charge is 0.492 e. The van der Waals surface area contributed by atoms with Gasteiger partial charge in [-0.2, -0.15) is 0 Å². The number of hydrogen-bond acceptors (Lipinski definition) is 4. The zero-order chi connectivity index (χ0) is 17.1. The number of fused-ring (bicyclic) bond motifs is 1. The average molecular weight is 352 g/mol. The second kappa shape index (κ2) is 7.43. The molecule has 3 rings (SSSR count). The summed E-state index contributed by atoms with van der Waals surface area (Å²) in [6.07, 6.45) is 2.22. The van der Waals surface area contributed by atoms with Crippen LogP contribution in [0.3, 0.4) is 0 Å². The molecule has 1 aromatic rings. The number of carbonyl (C=O) groups excluding carboxylic acids is 2. The van der Waals surface area contributed by atoms with Crippen LogP contribution >= 0.6 is 11.6 Å². The molecular formula is C18H22ClNO4. The summed E-state index contributed by atoms with van der Waals surface area (Å²) in [7, 11) is 0. The van der Waals surface area contributed by atoms with E-state index in [-0.39, 0.29) is 23.7 Å². The van der Waals surface area contributed by atoms with E-state index in [1.165, 1.54) is 0 Å². The highest BCUT2D eigenvalue weighted by atomic mass is 35.5. The van der Waals surface area contributed by atoms with Crippen molar-refractivity contribution in [2.45, 2.75) is 26.2 Å². The summed E-state index contributed by atoms with van der Waals surface area (Å²) in [5.74, 6) is 0.207. The zero-order valence-electron chi connectivity index (χ0n) is 13.8. The molecule has 0 unspecified atom stereocenters. The number of hydrogen-bond donors (Lipinski definition) is 0. The molecule has 1 saturated heterocycles. The van der Waals surface area contributed by atoms with Crippen LogP contribution in [-0.4, -0.2) is 43.1 Å². The molecule has 2 aliphatic rings. The third-order valence-electron chi connectivity index (χ3n) is 4.63. The Morgan fingerprint density at radius 3 is 3.00 bits per heavy atom. The number of likely N-dealkylation sites (tertiary alicyclic amines) is 1. The fraction of sp³-hybridized carbons (Fsp3) is 0.556. The van der Waals surface area contributed by atoms with E-state index in [2.05, 4.69) is 0 Å². The van der Waals surface area contributed by atoms with Crippen molar-refractivity contribution in [2.24, 2.45) is 11.8 Å². The number of piperidine rings is 1. The predicted molar refractivity (Wildman–Crippen MR) is 90.1 cm³/mol. The molecule has 0 aromatic heterocycles. The Labute approximate surface area is 146 Å². The Hall–Kier alpha value is -1.75. The molecule has 0 spiro atoms. The first kappa shape index (κ1) is 17.1. The van der Waals surface area contributed by atoms with E-state index in [9.17, 15) is 9.59 Å². The van der Waals surface area contributed by atoms with E-state index in [1.807, 2.05) is 12.1 Å². The summed E-state index contributed by atoms with van der Waals surface area (Å²) in [6, 6.07) is 5.49. The molecule has 130 valence electrons. The lowest BCUT2D eigenvalue weighted by atomic mass is 9.92. The van der Waals surface area contributed by atoms with Crippen LogP contribution in [0.1, 0.15) is 25.3 Å². The van der Waals surface area contributed by atoms with Gasteiger partial charge in [0.25, 0.3) is 0 Å². The van der Waals surface area contributed by atoms with Gasteiger partial charge in [0, 0.05) is 18.1 Å². The predicted octanol–water partition coefficient (Wildman–Crippen LogP) is 2.69. The van der Waals surface area contributed by atoms with Crippen molar-refractivity contribution in [2.75, 3.05) is 26.3 Å². The minimum Gasteiger partial charge on any atom is -0.492 e. The molecule has 2 atom stereocenters. The summed E-state index contributed by atoms with van der Waals surface area (Å²) < 4.78 is 10.8. The Bertz CT molecular complexity index is 633. The monoisotopic (exact) mass is 351 g/mol. The zero-order valence-corrected chi connectivity index (χ0v) is 14.6. The molecule has 6 heteroatoms. The van der Waals surface area contributed by atoms with Crippen molar-refractivity contribution >= 4 is 23.5 Å². The van der Waals surface area contributed by atoms with E-state index < -0.39 is 0 Å². The number of rotatable bonds is 3. The Kier molecular flexibility index (Phi) is 5.29. The average Bonchev–Trinajstić information content (AvgIpc) is 2.60. The van der Waals surface area contributed by atoms with Crippen LogP contribution in [-0.2, 0) is 20.7 Å². The first-order chi connectivity index (χ1) is 11.6. The quantitative estimate of drug-likeness (QED) is 0.786. The summed E-state index contributed by atoms with van der Waals surface area (Å²) >= 11 is 6.03. The SMILES string of the molecule is CCOC(=O)[C@H]1CCCN(C(=O)[C@H]2COc3ccc(Cl)cc3C2)C1. The van der Waals surface area contributed by atoms with E-state index in [4.69, 9.17) is 21.1 Å². The van der Waals surface area contributed by atoms with Gasteiger partial charge in [0.15, 0.2) is 0 Å². The molecule has 2 heterocycles. The highest BCUT2D eigenvalue weighted by molar-refractivity contribution is 6.30. The van der Waals surface area contributed by atoms with Crippen LogP contribution in [0.5, 0.6) is 5.75 Å². The molecule has 0 saturated carbocycles. The van der Waals surface area contributed by atoms with Gasteiger partial charge in [-0.15, -0.1) is 0 Å². The van der Waals surface area contributed by atoms with Crippen molar-refractivity contribution in [3.8, 4) is 5.75 Å². The number of ether oxygens (including phenoxy) is 2. The second-order valence-electron chi connectivity index (χ2n) is 6.34. The number of amides is 1. The summed E-state index contributed by atoms with van der Waals surface area (Å²) in [5.41, 5.74) is 0.964. The highest BCUT2D eigenvalue weighted by Crippen LogP contribution is 2.31. The summed E-state index contributed by atoms with van der Waals surface area (Å²) in [4.78, 5) is 26.6. The maximum atomic E-state index is 12.8. The van der Waals surface area contributed by atoms with E-state index >= 15 is 0 Å². The van der Waals surface area contributed by atoms with E-state index in [0.717, 1.165) is 24.2 Å². The highest BCUT2D eigenvalue weighted by Gasteiger charge is 2.34. The fourth-order valence-corrected chi connectivity index (χ4v) is 3.60. The first-order valence-corrected chi connectivity index (χ1v) is 8.83. The third-order valence-corrected chi connectivity index (χ3v) is 4.87. The maximum absolute atomic E-state index is 12.8. The van der Waals surface area contributed by atoms with Crippen LogP contribution < -0.4 is 4.74 Å². The summed E-state index contributed by atoms with van der Waals surface area (Å²) in [5, 5.41) is 0.644. The van der Waals surface area contributed by atoms with Crippen LogP contribution in [0.2, 0.25) is 5.02 Å². The number of halogens is 1. The molecule has 24 heavy (non-hydrogen) atoms. The maximum Gasteiger partial charge on any atom is 0.310 e. The van der Waals surface area contributed by atoms with Gasteiger partial charge >= 0.3 is 5.97 Å². The van der Waals surface area contributed by atoms with Crippen molar-refractivity contribution in [1.29, 1.82) is 0 Å². The fourth-order valence-electron chi connectivity index (χ4n) is 3.41. The molecule has 0 bridgehead atoms. The van der Waals surface area contributed by atoms with Crippen LogP contribution in [0.15, 0.2) is 18.2 Å². The second-order valence-corrected chi connectivity index (χ2v) is 6.78. The van der Waals surface area contributed by atoms with E-state index in [0.29, 0.717) is 37.7 Å². The number of benzene rings is 1. The standard InChI is InChI=1S/C18H22ClNO4/c1-2-23-18(22)12-4-3-7-20(10-12)17(21)14-8-13-9-15(19)5-6-16(13)24-11-14/h5-6,9,12,14H,2-4,7-8,10-11H2,1H3/t12-,14+/m0/s1. The van der Waals surface area contributed by atoms with Gasteiger partial charge in [-0.05, 0) is 49.9 Å². The minimum absolute atomic E-state index is 0.0506. The third kappa shape index (κ3) is 3.66. The molecule has 1 fully saturated rings.